The van der Waals surface area contributed by atoms with Crippen molar-refractivity contribution in [2.75, 3.05) is 11.9 Å². The summed E-state index contributed by atoms with van der Waals surface area (Å²) < 4.78 is 38.5. The Bertz CT molecular complexity index is 745. The van der Waals surface area contributed by atoms with Gasteiger partial charge < -0.3 is 10.6 Å². The Morgan fingerprint density at radius 1 is 1.25 bits per heavy atom. The predicted molar refractivity (Wildman–Crippen MR) is 86.5 cm³/mol. The van der Waals surface area contributed by atoms with Crippen LogP contribution in [0.25, 0.3) is 0 Å². The van der Waals surface area contributed by atoms with Gasteiger partial charge in [0.1, 0.15) is 5.69 Å². The highest BCUT2D eigenvalue weighted by Crippen LogP contribution is 2.36. The summed E-state index contributed by atoms with van der Waals surface area (Å²) in [5.41, 5.74) is -0.0971. The molecule has 0 saturated heterocycles. The first kappa shape index (κ1) is 17.8. The molecule has 0 radical (unpaired) electrons. The Morgan fingerprint density at radius 2 is 1.96 bits per heavy atom. The molecular weight excluding hydrogens is 343 g/mol. The summed E-state index contributed by atoms with van der Waals surface area (Å²) in [5.74, 6) is -0.368. The molecule has 2 rings (SSSR count). The number of rotatable bonds is 5. The van der Waals surface area contributed by atoms with Crippen LogP contribution in [0.2, 0.25) is 5.02 Å². The molecule has 1 aromatic carbocycles. The number of aromatic nitrogens is 1. The largest absolute Gasteiger partial charge is 0.417 e. The molecule has 0 spiro atoms. The maximum Gasteiger partial charge on any atom is 0.417 e. The minimum atomic E-state index is -4.54. The molecule has 4 nitrogen and oxygen atoms in total. The molecule has 0 saturated carbocycles. The van der Waals surface area contributed by atoms with Crippen LogP contribution in [0.5, 0.6) is 0 Å². The van der Waals surface area contributed by atoms with Gasteiger partial charge in [0.25, 0.3) is 5.91 Å². The third-order valence-electron chi connectivity index (χ3n) is 2.96. The summed E-state index contributed by atoms with van der Waals surface area (Å²) in [4.78, 5) is 15.6. The maximum absolute atomic E-state index is 12.8. The summed E-state index contributed by atoms with van der Waals surface area (Å²) in [5, 5.41) is 4.98. The minimum Gasteiger partial charge on any atom is -0.354 e. The van der Waals surface area contributed by atoms with E-state index in [2.05, 4.69) is 22.2 Å². The highest BCUT2D eigenvalue weighted by atomic mass is 35.5. The summed E-state index contributed by atoms with van der Waals surface area (Å²) >= 11 is 5.57. The van der Waals surface area contributed by atoms with Crippen molar-refractivity contribution in [3.05, 3.63) is 65.5 Å². The van der Waals surface area contributed by atoms with Gasteiger partial charge in [0, 0.05) is 12.2 Å². The van der Waals surface area contributed by atoms with Crippen molar-refractivity contribution in [3.63, 3.8) is 0 Å². The molecule has 2 N–H and O–H groups in total. The molecule has 1 heterocycles. The molecule has 1 amide bonds. The topological polar surface area (TPSA) is 54.0 Å². The Balaban J connectivity index is 2.14. The Labute approximate surface area is 141 Å². The lowest BCUT2D eigenvalue weighted by molar-refractivity contribution is -0.137. The van der Waals surface area contributed by atoms with Gasteiger partial charge in [-0.2, -0.15) is 13.2 Å². The molecule has 0 aliphatic carbocycles. The van der Waals surface area contributed by atoms with E-state index in [1.165, 1.54) is 30.5 Å². The lowest BCUT2D eigenvalue weighted by Crippen LogP contribution is -2.24. The van der Waals surface area contributed by atoms with Crippen LogP contribution in [-0.2, 0) is 6.18 Å². The number of nitrogens with one attached hydrogen (secondary N) is 2. The Morgan fingerprint density at radius 3 is 2.54 bits per heavy atom. The number of hydrogen-bond donors (Lipinski definition) is 2. The fourth-order valence-corrected chi connectivity index (χ4v) is 2.07. The number of carbonyl (C=O) groups excluding carboxylic acids is 1. The van der Waals surface area contributed by atoms with E-state index >= 15 is 0 Å². The average molecular weight is 356 g/mol. The van der Waals surface area contributed by atoms with E-state index in [4.69, 9.17) is 11.6 Å². The van der Waals surface area contributed by atoms with Gasteiger partial charge >= 0.3 is 6.18 Å². The second-order valence-electron chi connectivity index (χ2n) is 4.75. The number of carbonyl (C=O) groups is 1. The number of alkyl halides is 3. The monoisotopic (exact) mass is 355 g/mol. The first-order chi connectivity index (χ1) is 11.3. The molecule has 0 aliphatic heterocycles. The lowest BCUT2D eigenvalue weighted by Gasteiger charge is -2.12. The molecule has 0 aliphatic rings. The van der Waals surface area contributed by atoms with Crippen LogP contribution in [0.15, 0.2) is 49.2 Å². The summed E-state index contributed by atoms with van der Waals surface area (Å²) in [6, 6.07) is 6.49. The first-order valence-electron chi connectivity index (χ1n) is 6.80. The number of pyridine rings is 1. The smallest absolute Gasteiger partial charge is 0.354 e. The van der Waals surface area contributed by atoms with Gasteiger partial charge in [-0.05, 0) is 30.3 Å². The van der Waals surface area contributed by atoms with Gasteiger partial charge in [-0.25, -0.2) is 4.98 Å². The SMILES string of the molecule is C=CCNC(=O)c1ccc(Nc2ccc(Cl)c(C(F)(F)F)c2)cn1. The number of hydrogen-bond acceptors (Lipinski definition) is 3. The van der Waals surface area contributed by atoms with Crippen molar-refractivity contribution in [3.8, 4) is 0 Å². The zero-order valence-corrected chi connectivity index (χ0v) is 13.1. The van der Waals surface area contributed by atoms with Gasteiger partial charge in [0.2, 0.25) is 0 Å². The molecular formula is C16H13ClF3N3O. The van der Waals surface area contributed by atoms with Gasteiger partial charge in [-0.3, -0.25) is 4.79 Å². The molecule has 0 bridgehead atoms. The Hall–Kier alpha value is -2.54. The van der Waals surface area contributed by atoms with Crippen LogP contribution >= 0.6 is 11.6 Å². The molecule has 0 atom stereocenters. The van der Waals surface area contributed by atoms with Crippen LogP contribution in [0.4, 0.5) is 24.5 Å². The van der Waals surface area contributed by atoms with E-state index in [-0.39, 0.29) is 22.3 Å². The molecule has 2 aromatic rings. The number of anilines is 2. The van der Waals surface area contributed by atoms with Crippen molar-refractivity contribution in [2.45, 2.75) is 6.18 Å². The standard InChI is InChI=1S/C16H13ClF3N3O/c1-2-7-21-15(24)14-6-4-11(9-22-14)23-10-3-5-13(17)12(8-10)16(18,19)20/h2-6,8-9,23H,1,7H2,(H,21,24). The fraction of sp³-hybridized carbons (Fsp3) is 0.125. The van der Waals surface area contributed by atoms with E-state index in [0.717, 1.165) is 12.1 Å². The number of benzene rings is 1. The maximum atomic E-state index is 12.8. The second kappa shape index (κ2) is 7.35. The van der Waals surface area contributed by atoms with Crippen LogP contribution < -0.4 is 10.6 Å². The summed E-state index contributed by atoms with van der Waals surface area (Å²) in [6.07, 6.45) is -1.66. The molecule has 126 valence electrons. The average Bonchev–Trinajstić information content (AvgIpc) is 2.54. The lowest BCUT2D eigenvalue weighted by atomic mass is 10.2. The molecule has 8 heteroatoms. The van der Waals surface area contributed by atoms with Crippen LogP contribution in [0.3, 0.4) is 0 Å². The Kier molecular flexibility index (Phi) is 5.46. The summed E-state index contributed by atoms with van der Waals surface area (Å²) in [7, 11) is 0. The van der Waals surface area contributed by atoms with Crippen molar-refractivity contribution in [2.24, 2.45) is 0 Å². The molecule has 0 fully saturated rings. The van der Waals surface area contributed by atoms with Crippen molar-refractivity contribution >= 4 is 28.9 Å². The first-order valence-corrected chi connectivity index (χ1v) is 7.18. The molecule has 0 unspecified atom stereocenters. The van der Waals surface area contributed by atoms with Gasteiger partial charge in [0.05, 0.1) is 22.5 Å². The minimum absolute atomic E-state index is 0.189. The molecule has 1 aromatic heterocycles. The molecule has 24 heavy (non-hydrogen) atoms. The van der Waals surface area contributed by atoms with Crippen LogP contribution in [0.1, 0.15) is 16.1 Å². The normalized spacial score (nSPS) is 11.0. The second-order valence-corrected chi connectivity index (χ2v) is 5.16. The summed E-state index contributed by atoms with van der Waals surface area (Å²) in [6.45, 7) is 3.79. The number of amides is 1. The van der Waals surface area contributed by atoms with Crippen LogP contribution in [-0.4, -0.2) is 17.4 Å². The van der Waals surface area contributed by atoms with E-state index in [0.29, 0.717) is 12.2 Å². The zero-order valence-electron chi connectivity index (χ0n) is 12.3. The third kappa shape index (κ3) is 4.48. The fourth-order valence-electron chi connectivity index (χ4n) is 1.84. The van der Waals surface area contributed by atoms with Gasteiger partial charge in [0.15, 0.2) is 0 Å². The zero-order chi connectivity index (χ0) is 17.7. The highest BCUT2D eigenvalue weighted by Gasteiger charge is 2.33. The predicted octanol–water partition coefficient (Wildman–Crippen LogP) is 4.41. The van der Waals surface area contributed by atoms with E-state index in [1.54, 1.807) is 0 Å². The highest BCUT2D eigenvalue weighted by molar-refractivity contribution is 6.31. The van der Waals surface area contributed by atoms with Gasteiger partial charge in [-0.15, -0.1) is 6.58 Å². The van der Waals surface area contributed by atoms with Crippen molar-refractivity contribution in [1.29, 1.82) is 0 Å². The van der Waals surface area contributed by atoms with Crippen molar-refractivity contribution in [1.82, 2.24) is 10.3 Å². The van der Waals surface area contributed by atoms with E-state index < -0.39 is 11.7 Å². The van der Waals surface area contributed by atoms with Crippen LogP contribution in [0, 0.1) is 0 Å². The van der Waals surface area contributed by atoms with Gasteiger partial charge in [-0.1, -0.05) is 17.7 Å². The van der Waals surface area contributed by atoms with E-state index in [1.807, 2.05) is 0 Å². The van der Waals surface area contributed by atoms with E-state index in [9.17, 15) is 18.0 Å². The third-order valence-corrected chi connectivity index (χ3v) is 3.29. The number of nitrogens with zero attached hydrogens (tertiary/aromatic N) is 1. The van der Waals surface area contributed by atoms with Crippen molar-refractivity contribution < 1.29 is 18.0 Å². The quantitative estimate of drug-likeness (QED) is 0.781. The number of halogens is 4.